The van der Waals surface area contributed by atoms with Crippen LogP contribution in [0.2, 0.25) is 0 Å². The van der Waals surface area contributed by atoms with Crippen molar-refractivity contribution < 1.29 is 24.3 Å². The van der Waals surface area contributed by atoms with E-state index in [1.165, 1.54) is 6.07 Å². The summed E-state index contributed by atoms with van der Waals surface area (Å²) in [5.74, 6) is -2.35. The Labute approximate surface area is 156 Å². The van der Waals surface area contributed by atoms with Crippen LogP contribution in [0.5, 0.6) is 0 Å². The molecule has 0 bridgehead atoms. The first-order chi connectivity index (χ1) is 12.9. The van der Waals surface area contributed by atoms with Gasteiger partial charge in [-0.15, -0.1) is 0 Å². The second-order valence-electron chi connectivity index (χ2n) is 5.98. The van der Waals surface area contributed by atoms with E-state index in [0.717, 1.165) is 13.1 Å². The van der Waals surface area contributed by atoms with E-state index in [9.17, 15) is 19.2 Å². The van der Waals surface area contributed by atoms with E-state index in [1.807, 2.05) is 0 Å². The Hall–Kier alpha value is -2.98. The number of rotatable bonds is 8. The lowest BCUT2D eigenvalue weighted by atomic mass is 10.2. The van der Waals surface area contributed by atoms with E-state index < -0.39 is 23.7 Å². The van der Waals surface area contributed by atoms with Gasteiger partial charge in [-0.3, -0.25) is 24.6 Å². The molecule has 1 fully saturated rings. The van der Waals surface area contributed by atoms with Crippen molar-refractivity contribution in [3.8, 4) is 0 Å². The van der Waals surface area contributed by atoms with Gasteiger partial charge in [0.15, 0.2) is 0 Å². The average Bonchev–Trinajstić information content (AvgIpc) is 2.62. The van der Waals surface area contributed by atoms with Crippen molar-refractivity contribution in [3.05, 3.63) is 29.8 Å². The second kappa shape index (κ2) is 10.2. The zero-order valence-electron chi connectivity index (χ0n) is 14.8. The molecule has 10 heteroatoms. The number of hydrogen-bond acceptors (Lipinski definition) is 6. The van der Waals surface area contributed by atoms with E-state index in [1.54, 1.807) is 23.2 Å². The van der Waals surface area contributed by atoms with Gasteiger partial charge in [0.2, 0.25) is 11.8 Å². The van der Waals surface area contributed by atoms with Gasteiger partial charge in [-0.2, -0.15) is 0 Å². The number of anilines is 1. The lowest BCUT2D eigenvalue weighted by Gasteiger charge is -2.27. The van der Waals surface area contributed by atoms with Crippen LogP contribution in [0.3, 0.4) is 0 Å². The number of carbonyl (C=O) groups excluding carboxylic acids is 3. The Balaban J connectivity index is 1.81. The van der Waals surface area contributed by atoms with Crippen LogP contribution >= 0.6 is 0 Å². The Morgan fingerprint density at radius 3 is 2.56 bits per heavy atom. The summed E-state index contributed by atoms with van der Waals surface area (Å²) in [6.07, 6.45) is -0.511. The average molecular weight is 377 g/mol. The third-order valence-electron chi connectivity index (χ3n) is 3.75. The van der Waals surface area contributed by atoms with Crippen molar-refractivity contribution in [2.24, 2.45) is 0 Å². The van der Waals surface area contributed by atoms with Gasteiger partial charge in [0.1, 0.15) is 6.42 Å². The molecule has 0 radical (unpaired) electrons. The van der Waals surface area contributed by atoms with Crippen molar-refractivity contribution in [3.63, 3.8) is 0 Å². The maximum absolute atomic E-state index is 12.0. The molecule has 27 heavy (non-hydrogen) atoms. The van der Waals surface area contributed by atoms with Gasteiger partial charge in [0.25, 0.3) is 5.91 Å². The quantitative estimate of drug-likeness (QED) is 0.372. The maximum atomic E-state index is 12.0. The fourth-order valence-electron chi connectivity index (χ4n) is 2.47. The van der Waals surface area contributed by atoms with Gasteiger partial charge in [-0.05, 0) is 18.2 Å². The number of nitrogens with one attached hydrogen (secondary N) is 4. The lowest BCUT2D eigenvalue weighted by molar-refractivity contribution is -0.137. The fourth-order valence-corrected chi connectivity index (χ4v) is 2.47. The van der Waals surface area contributed by atoms with Crippen LogP contribution in [0, 0.1) is 0 Å². The zero-order chi connectivity index (χ0) is 19.6. The Morgan fingerprint density at radius 1 is 1.11 bits per heavy atom. The lowest BCUT2D eigenvalue weighted by Crippen LogP contribution is -2.52. The minimum Gasteiger partial charge on any atom is -0.481 e. The highest BCUT2D eigenvalue weighted by Crippen LogP contribution is 2.11. The zero-order valence-corrected chi connectivity index (χ0v) is 14.8. The molecule has 1 aliphatic heterocycles. The molecule has 0 aliphatic carbocycles. The summed E-state index contributed by atoms with van der Waals surface area (Å²) in [6.45, 7) is 2.90. The first-order valence-electron chi connectivity index (χ1n) is 8.59. The van der Waals surface area contributed by atoms with Gasteiger partial charge in [-0.1, -0.05) is 6.07 Å². The van der Waals surface area contributed by atoms with Gasteiger partial charge >= 0.3 is 5.97 Å². The van der Waals surface area contributed by atoms with Crippen molar-refractivity contribution in [2.45, 2.75) is 12.8 Å². The van der Waals surface area contributed by atoms with Crippen molar-refractivity contribution in [1.82, 2.24) is 21.1 Å². The molecule has 10 nitrogen and oxygen atoms in total. The van der Waals surface area contributed by atoms with Gasteiger partial charge < -0.3 is 21.1 Å². The minimum absolute atomic E-state index is 0.0109. The summed E-state index contributed by atoms with van der Waals surface area (Å²) < 4.78 is 0. The SMILES string of the molecule is O=C(O)CCNC(=O)c1cccc(NC(=O)CC(=O)NN2CCNCC2)c1. The van der Waals surface area contributed by atoms with Gasteiger partial charge in [0, 0.05) is 44.0 Å². The molecule has 5 N–H and O–H groups in total. The highest BCUT2D eigenvalue weighted by atomic mass is 16.4. The molecule has 3 amide bonds. The fraction of sp³-hybridized carbons (Fsp3) is 0.412. The predicted octanol–water partition coefficient (Wildman–Crippen LogP) is -0.844. The predicted molar refractivity (Wildman–Crippen MR) is 96.9 cm³/mol. The van der Waals surface area contributed by atoms with Gasteiger partial charge in [-0.25, -0.2) is 5.01 Å². The molecule has 1 aromatic rings. The molecule has 0 spiro atoms. The molecule has 2 rings (SSSR count). The number of aliphatic carboxylic acids is 1. The highest BCUT2D eigenvalue weighted by Gasteiger charge is 2.15. The molecule has 1 saturated heterocycles. The summed E-state index contributed by atoms with van der Waals surface area (Å²) in [5, 5.41) is 18.6. The number of nitrogens with zero attached hydrogens (tertiary/aromatic N) is 1. The maximum Gasteiger partial charge on any atom is 0.305 e. The molecule has 146 valence electrons. The van der Waals surface area contributed by atoms with E-state index in [4.69, 9.17) is 5.11 Å². The molecule has 0 saturated carbocycles. The number of hydrazine groups is 1. The number of amides is 3. The van der Waals surface area contributed by atoms with E-state index in [2.05, 4.69) is 21.4 Å². The van der Waals surface area contributed by atoms with Gasteiger partial charge in [0.05, 0.1) is 6.42 Å². The largest absolute Gasteiger partial charge is 0.481 e. The number of carboxylic acids is 1. The van der Waals surface area contributed by atoms with Crippen molar-refractivity contribution in [2.75, 3.05) is 38.0 Å². The molecule has 0 unspecified atom stereocenters. The third-order valence-corrected chi connectivity index (χ3v) is 3.75. The van der Waals surface area contributed by atoms with Crippen LogP contribution in [-0.4, -0.2) is 66.5 Å². The number of carboxylic acid groups (broad SMARTS) is 1. The molecule has 0 aromatic heterocycles. The van der Waals surface area contributed by atoms with Crippen molar-refractivity contribution >= 4 is 29.4 Å². The Kier molecular flexibility index (Phi) is 7.71. The number of piperazine rings is 1. The topological polar surface area (TPSA) is 140 Å². The second-order valence-corrected chi connectivity index (χ2v) is 5.98. The highest BCUT2D eigenvalue weighted by molar-refractivity contribution is 6.04. The summed E-state index contributed by atoms with van der Waals surface area (Å²) in [4.78, 5) is 46.4. The molecule has 1 aliphatic rings. The van der Waals surface area contributed by atoms with Crippen LogP contribution in [0.1, 0.15) is 23.2 Å². The summed E-state index contributed by atoms with van der Waals surface area (Å²) in [5.41, 5.74) is 3.34. The summed E-state index contributed by atoms with van der Waals surface area (Å²) in [7, 11) is 0. The molecular formula is C17H23N5O5. The Morgan fingerprint density at radius 2 is 1.85 bits per heavy atom. The molecule has 0 atom stereocenters. The molecule has 1 heterocycles. The van der Waals surface area contributed by atoms with E-state index in [-0.39, 0.29) is 24.9 Å². The molecular weight excluding hydrogens is 354 g/mol. The van der Waals surface area contributed by atoms with Crippen LogP contribution in [0.15, 0.2) is 24.3 Å². The minimum atomic E-state index is -1.00. The number of benzene rings is 1. The first-order valence-corrected chi connectivity index (χ1v) is 8.59. The van der Waals surface area contributed by atoms with E-state index in [0.29, 0.717) is 18.8 Å². The third kappa shape index (κ3) is 7.42. The standard InChI is InChI=1S/C17H23N5O5/c23-14(11-15(24)21-22-8-6-18-7-9-22)20-13-3-1-2-12(10-13)17(27)19-5-4-16(25)26/h1-3,10,18H,4-9,11H2,(H,19,27)(H,20,23)(H,21,24)(H,25,26). The monoisotopic (exact) mass is 377 g/mol. The summed E-state index contributed by atoms with van der Waals surface area (Å²) in [6, 6.07) is 6.19. The van der Waals surface area contributed by atoms with Crippen LogP contribution in [0.25, 0.3) is 0 Å². The molecule has 1 aromatic carbocycles. The number of hydrogen-bond donors (Lipinski definition) is 5. The number of carbonyl (C=O) groups is 4. The normalized spacial score (nSPS) is 14.2. The van der Waals surface area contributed by atoms with Crippen LogP contribution in [-0.2, 0) is 14.4 Å². The summed E-state index contributed by atoms with van der Waals surface area (Å²) >= 11 is 0. The van der Waals surface area contributed by atoms with Crippen molar-refractivity contribution in [1.29, 1.82) is 0 Å². The Bertz CT molecular complexity index is 703. The van der Waals surface area contributed by atoms with Crippen LogP contribution in [0.4, 0.5) is 5.69 Å². The van der Waals surface area contributed by atoms with Crippen LogP contribution < -0.4 is 21.4 Å². The smallest absolute Gasteiger partial charge is 0.305 e. The first kappa shape index (κ1) is 20.3. The van der Waals surface area contributed by atoms with E-state index >= 15 is 0 Å².